The standard InChI is InChI=1S/C9H8ClN3/c10-7-3-1-2-4-8(7)13-9(11)5-6-12-13/h1-6H,11H2. The summed E-state index contributed by atoms with van der Waals surface area (Å²) in [5.41, 5.74) is 6.48. The summed E-state index contributed by atoms with van der Waals surface area (Å²) in [4.78, 5) is 0. The van der Waals surface area contributed by atoms with Crippen molar-refractivity contribution in [3.63, 3.8) is 0 Å². The van der Waals surface area contributed by atoms with Crippen LogP contribution in [0.25, 0.3) is 5.69 Å². The number of para-hydroxylation sites is 1. The molecule has 0 spiro atoms. The molecule has 0 aliphatic rings. The highest BCUT2D eigenvalue weighted by Crippen LogP contribution is 2.20. The Labute approximate surface area is 80.7 Å². The second-order valence-corrected chi connectivity index (χ2v) is 3.03. The van der Waals surface area contributed by atoms with Crippen molar-refractivity contribution in [1.82, 2.24) is 9.78 Å². The van der Waals surface area contributed by atoms with Crippen molar-refractivity contribution in [2.45, 2.75) is 0 Å². The second-order valence-electron chi connectivity index (χ2n) is 2.62. The third-order valence-corrected chi connectivity index (χ3v) is 2.07. The summed E-state index contributed by atoms with van der Waals surface area (Å²) in [5, 5.41) is 4.69. The predicted molar refractivity (Wildman–Crippen MR) is 53.0 cm³/mol. The van der Waals surface area contributed by atoms with Crippen LogP contribution in [0.5, 0.6) is 0 Å². The molecule has 66 valence electrons. The Hall–Kier alpha value is -1.48. The number of nitrogen functional groups attached to an aromatic ring is 1. The van der Waals surface area contributed by atoms with Crippen LogP contribution in [0.15, 0.2) is 36.5 Å². The first-order valence-electron chi connectivity index (χ1n) is 3.83. The van der Waals surface area contributed by atoms with Crippen molar-refractivity contribution < 1.29 is 0 Å². The van der Waals surface area contributed by atoms with Crippen LogP contribution in [-0.4, -0.2) is 9.78 Å². The average molecular weight is 194 g/mol. The van der Waals surface area contributed by atoms with Crippen molar-refractivity contribution >= 4 is 17.4 Å². The molecule has 0 amide bonds. The molecule has 0 bridgehead atoms. The van der Waals surface area contributed by atoms with Crippen LogP contribution in [-0.2, 0) is 0 Å². The van der Waals surface area contributed by atoms with Gasteiger partial charge in [-0.3, -0.25) is 0 Å². The van der Waals surface area contributed by atoms with Gasteiger partial charge in [0.25, 0.3) is 0 Å². The van der Waals surface area contributed by atoms with Crippen LogP contribution in [0, 0.1) is 0 Å². The lowest BCUT2D eigenvalue weighted by Gasteiger charge is -2.04. The van der Waals surface area contributed by atoms with Gasteiger partial charge < -0.3 is 5.73 Å². The van der Waals surface area contributed by atoms with Crippen LogP contribution < -0.4 is 5.73 Å². The van der Waals surface area contributed by atoms with Gasteiger partial charge in [-0.2, -0.15) is 5.10 Å². The minimum atomic E-state index is 0.577. The van der Waals surface area contributed by atoms with Gasteiger partial charge in [0.2, 0.25) is 0 Å². The van der Waals surface area contributed by atoms with E-state index in [0.717, 1.165) is 5.69 Å². The highest BCUT2D eigenvalue weighted by molar-refractivity contribution is 6.32. The van der Waals surface area contributed by atoms with E-state index < -0.39 is 0 Å². The maximum atomic E-state index is 5.97. The third kappa shape index (κ3) is 1.38. The molecule has 13 heavy (non-hydrogen) atoms. The van der Waals surface area contributed by atoms with Gasteiger partial charge in [-0.15, -0.1) is 0 Å². The first kappa shape index (κ1) is 8.13. The van der Waals surface area contributed by atoms with Crippen LogP contribution in [0.1, 0.15) is 0 Å². The highest BCUT2D eigenvalue weighted by Gasteiger charge is 2.04. The zero-order valence-corrected chi connectivity index (χ0v) is 7.57. The maximum absolute atomic E-state index is 5.97. The maximum Gasteiger partial charge on any atom is 0.127 e. The zero-order valence-electron chi connectivity index (χ0n) is 6.81. The van der Waals surface area contributed by atoms with Gasteiger partial charge in [-0.1, -0.05) is 23.7 Å². The lowest BCUT2D eigenvalue weighted by Crippen LogP contribution is -2.01. The van der Waals surface area contributed by atoms with Crippen molar-refractivity contribution in [3.8, 4) is 5.69 Å². The van der Waals surface area contributed by atoms with E-state index in [1.165, 1.54) is 0 Å². The molecule has 1 aromatic carbocycles. The number of nitrogens with zero attached hydrogens (tertiary/aromatic N) is 2. The molecule has 2 rings (SSSR count). The molecule has 2 N–H and O–H groups in total. The Morgan fingerprint density at radius 3 is 2.62 bits per heavy atom. The van der Waals surface area contributed by atoms with Gasteiger partial charge in [-0.25, -0.2) is 4.68 Å². The summed E-state index contributed by atoms with van der Waals surface area (Å²) in [6.07, 6.45) is 1.64. The number of halogens is 1. The molecule has 4 heteroatoms. The number of hydrogen-bond donors (Lipinski definition) is 1. The summed E-state index contributed by atoms with van der Waals surface area (Å²) in [6, 6.07) is 9.15. The Morgan fingerprint density at radius 2 is 2.00 bits per heavy atom. The van der Waals surface area contributed by atoms with Gasteiger partial charge in [-0.05, 0) is 12.1 Å². The summed E-state index contributed by atoms with van der Waals surface area (Å²) in [6.45, 7) is 0. The monoisotopic (exact) mass is 193 g/mol. The van der Waals surface area contributed by atoms with E-state index in [4.69, 9.17) is 17.3 Å². The molecule has 0 aliphatic carbocycles. The van der Waals surface area contributed by atoms with Crippen LogP contribution >= 0.6 is 11.6 Å². The van der Waals surface area contributed by atoms with E-state index in [-0.39, 0.29) is 0 Å². The minimum Gasteiger partial charge on any atom is -0.384 e. The smallest absolute Gasteiger partial charge is 0.127 e. The van der Waals surface area contributed by atoms with Gasteiger partial charge in [0, 0.05) is 6.07 Å². The predicted octanol–water partition coefficient (Wildman–Crippen LogP) is 2.11. The van der Waals surface area contributed by atoms with Crippen molar-refractivity contribution in [2.24, 2.45) is 0 Å². The fraction of sp³-hybridized carbons (Fsp3) is 0. The molecular weight excluding hydrogens is 186 g/mol. The summed E-state index contributed by atoms with van der Waals surface area (Å²) in [5.74, 6) is 0.577. The molecule has 0 saturated carbocycles. The summed E-state index contributed by atoms with van der Waals surface area (Å²) in [7, 11) is 0. The third-order valence-electron chi connectivity index (χ3n) is 1.75. The van der Waals surface area contributed by atoms with Gasteiger partial charge in [0.1, 0.15) is 5.82 Å². The molecule has 0 fully saturated rings. The quantitative estimate of drug-likeness (QED) is 0.754. The van der Waals surface area contributed by atoms with E-state index in [9.17, 15) is 0 Å². The highest BCUT2D eigenvalue weighted by atomic mass is 35.5. The Kier molecular flexibility index (Phi) is 1.94. The number of rotatable bonds is 1. The van der Waals surface area contributed by atoms with Gasteiger partial charge >= 0.3 is 0 Å². The molecule has 1 heterocycles. The molecule has 2 aromatic rings. The lowest BCUT2D eigenvalue weighted by atomic mass is 10.3. The topological polar surface area (TPSA) is 43.8 Å². The Balaban J connectivity index is 2.59. The fourth-order valence-corrected chi connectivity index (χ4v) is 1.35. The molecule has 1 aromatic heterocycles. The summed E-state index contributed by atoms with van der Waals surface area (Å²) >= 11 is 5.97. The van der Waals surface area contributed by atoms with Crippen LogP contribution in [0.2, 0.25) is 5.02 Å². The Bertz CT molecular complexity index is 422. The second kappa shape index (κ2) is 3.11. The first-order valence-corrected chi connectivity index (χ1v) is 4.21. The molecule has 0 atom stereocenters. The van der Waals surface area contributed by atoms with Crippen LogP contribution in [0.4, 0.5) is 5.82 Å². The normalized spacial score (nSPS) is 10.2. The molecule has 0 aliphatic heterocycles. The number of aromatic nitrogens is 2. The average Bonchev–Trinajstić information content (AvgIpc) is 2.52. The van der Waals surface area contributed by atoms with Crippen LogP contribution in [0.3, 0.4) is 0 Å². The van der Waals surface area contributed by atoms with E-state index in [1.807, 2.05) is 18.2 Å². The minimum absolute atomic E-state index is 0.577. The zero-order chi connectivity index (χ0) is 9.26. The van der Waals surface area contributed by atoms with Crippen molar-refractivity contribution in [1.29, 1.82) is 0 Å². The molecule has 0 radical (unpaired) electrons. The number of benzene rings is 1. The first-order chi connectivity index (χ1) is 6.29. The SMILES string of the molecule is Nc1ccnn1-c1ccccc1Cl. The van der Waals surface area contributed by atoms with E-state index >= 15 is 0 Å². The summed E-state index contributed by atoms with van der Waals surface area (Å²) < 4.78 is 1.60. The molecule has 0 unspecified atom stereocenters. The van der Waals surface area contributed by atoms with Crippen molar-refractivity contribution in [2.75, 3.05) is 5.73 Å². The molecule has 3 nitrogen and oxygen atoms in total. The largest absolute Gasteiger partial charge is 0.384 e. The number of hydrogen-bond acceptors (Lipinski definition) is 2. The van der Waals surface area contributed by atoms with Crippen molar-refractivity contribution in [3.05, 3.63) is 41.6 Å². The van der Waals surface area contributed by atoms with E-state index in [1.54, 1.807) is 23.0 Å². The van der Waals surface area contributed by atoms with Gasteiger partial charge in [0.05, 0.1) is 16.9 Å². The van der Waals surface area contributed by atoms with E-state index in [0.29, 0.717) is 10.8 Å². The lowest BCUT2D eigenvalue weighted by molar-refractivity contribution is 0.891. The number of anilines is 1. The Morgan fingerprint density at radius 1 is 1.23 bits per heavy atom. The number of nitrogens with two attached hydrogens (primary N) is 1. The molecular formula is C9H8ClN3. The van der Waals surface area contributed by atoms with Gasteiger partial charge in [0.15, 0.2) is 0 Å². The molecule has 0 saturated heterocycles. The fourth-order valence-electron chi connectivity index (χ4n) is 1.14. The van der Waals surface area contributed by atoms with E-state index in [2.05, 4.69) is 5.10 Å².